The minimum absolute atomic E-state index is 0.524. The van der Waals surface area contributed by atoms with Crippen LogP contribution in [0.1, 0.15) is 29.1 Å². The third-order valence-corrected chi connectivity index (χ3v) is 6.27. The van der Waals surface area contributed by atoms with E-state index in [4.69, 9.17) is 15.2 Å². The molecule has 30 heavy (non-hydrogen) atoms. The zero-order valence-electron chi connectivity index (χ0n) is 18.2. The van der Waals surface area contributed by atoms with Crippen LogP contribution < -0.4 is 20.5 Å². The molecule has 3 rings (SSSR count). The average Bonchev–Trinajstić information content (AvgIpc) is 3.17. The van der Waals surface area contributed by atoms with Crippen LogP contribution in [-0.2, 0) is 13.0 Å². The molecule has 0 bridgehead atoms. The minimum atomic E-state index is 0.524. The molecule has 0 amide bonds. The number of likely N-dealkylation sites (tertiary alicyclic amines) is 1. The van der Waals surface area contributed by atoms with Crippen molar-refractivity contribution >= 4 is 17.3 Å². The van der Waals surface area contributed by atoms with Gasteiger partial charge in [-0.05, 0) is 62.9 Å². The van der Waals surface area contributed by atoms with Crippen LogP contribution in [0.5, 0.6) is 11.5 Å². The predicted octanol–water partition coefficient (Wildman–Crippen LogP) is 2.83. The number of nitrogens with zero attached hydrogens (tertiary/aromatic N) is 3. The monoisotopic (exact) mass is 431 g/mol. The van der Waals surface area contributed by atoms with E-state index in [0.29, 0.717) is 11.9 Å². The first kappa shape index (κ1) is 22.4. The molecule has 0 saturated carbocycles. The van der Waals surface area contributed by atoms with Crippen molar-refractivity contribution in [2.24, 2.45) is 16.6 Å². The van der Waals surface area contributed by atoms with Gasteiger partial charge in [0.15, 0.2) is 17.5 Å². The smallest absolute Gasteiger partial charge is 0.188 e. The van der Waals surface area contributed by atoms with Crippen LogP contribution in [-0.4, -0.2) is 56.2 Å². The number of piperidine rings is 1. The molecule has 1 aliphatic heterocycles. The summed E-state index contributed by atoms with van der Waals surface area (Å²) in [6.07, 6.45) is 3.15. The Bertz CT molecular complexity index is 831. The van der Waals surface area contributed by atoms with E-state index in [1.807, 2.05) is 18.2 Å². The largest absolute Gasteiger partial charge is 0.493 e. The van der Waals surface area contributed by atoms with Crippen LogP contribution in [0.2, 0.25) is 0 Å². The number of thiazole rings is 1. The Morgan fingerprint density at radius 2 is 2.03 bits per heavy atom. The predicted molar refractivity (Wildman–Crippen MR) is 123 cm³/mol. The second-order valence-corrected chi connectivity index (χ2v) is 8.73. The molecular formula is C22H33N5O2S. The number of aryl methyl sites for hydroxylation is 1. The molecule has 1 fully saturated rings. The lowest BCUT2D eigenvalue weighted by atomic mass is 9.97. The zero-order valence-corrected chi connectivity index (χ0v) is 19.0. The Hall–Kier alpha value is -2.32. The molecule has 0 radical (unpaired) electrons. The summed E-state index contributed by atoms with van der Waals surface area (Å²) in [4.78, 5) is 11.6. The maximum absolute atomic E-state index is 6.07. The maximum Gasteiger partial charge on any atom is 0.188 e. The van der Waals surface area contributed by atoms with Crippen molar-refractivity contribution < 1.29 is 9.47 Å². The van der Waals surface area contributed by atoms with Gasteiger partial charge in [-0.15, -0.1) is 11.3 Å². The number of aromatic nitrogens is 1. The molecule has 0 unspecified atom stereocenters. The number of hydrogen-bond acceptors (Lipinski definition) is 6. The van der Waals surface area contributed by atoms with E-state index in [0.717, 1.165) is 74.1 Å². The van der Waals surface area contributed by atoms with Crippen LogP contribution in [0.4, 0.5) is 0 Å². The van der Waals surface area contributed by atoms with E-state index in [9.17, 15) is 0 Å². The standard InChI is InChI=1S/C22H33N5O2S/c1-16-26-19(15-30-16)14-27-10-7-18(8-11-27)13-25-22(23)24-9-6-17-4-5-20(28-2)21(12-17)29-3/h4-5,12,15,18H,6-11,13-14H2,1-3H3,(H3,23,24,25). The van der Waals surface area contributed by atoms with Crippen molar-refractivity contribution in [3.63, 3.8) is 0 Å². The number of rotatable bonds is 9. The Kier molecular flexibility index (Phi) is 8.33. The molecule has 1 aliphatic rings. The molecule has 2 aromatic rings. The van der Waals surface area contributed by atoms with Gasteiger partial charge >= 0.3 is 0 Å². The van der Waals surface area contributed by atoms with E-state index >= 15 is 0 Å². The van der Waals surface area contributed by atoms with Gasteiger partial charge in [-0.25, -0.2) is 4.98 Å². The number of hydrogen-bond donors (Lipinski definition) is 2. The highest BCUT2D eigenvalue weighted by molar-refractivity contribution is 7.09. The maximum atomic E-state index is 6.07. The normalized spacial score (nSPS) is 15.9. The number of ether oxygens (including phenoxy) is 2. The molecule has 2 heterocycles. The fraction of sp³-hybridized carbons (Fsp3) is 0.545. The van der Waals surface area contributed by atoms with Crippen molar-refractivity contribution in [2.45, 2.75) is 32.7 Å². The summed E-state index contributed by atoms with van der Waals surface area (Å²) >= 11 is 1.72. The number of methoxy groups -OCH3 is 2. The van der Waals surface area contributed by atoms with Crippen LogP contribution in [0.15, 0.2) is 28.6 Å². The highest BCUT2D eigenvalue weighted by Crippen LogP contribution is 2.27. The molecule has 7 nitrogen and oxygen atoms in total. The molecule has 164 valence electrons. The third-order valence-electron chi connectivity index (χ3n) is 5.45. The molecule has 0 spiro atoms. The topological polar surface area (TPSA) is 85.0 Å². The fourth-order valence-electron chi connectivity index (χ4n) is 3.69. The Morgan fingerprint density at radius 1 is 1.27 bits per heavy atom. The first-order valence-corrected chi connectivity index (χ1v) is 11.3. The number of nitrogens with one attached hydrogen (secondary N) is 1. The zero-order chi connectivity index (χ0) is 21.3. The van der Waals surface area contributed by atoms with Gasteiger partial charge in [0.25, 0.3) is 0 Å². The Balaban J connectivity index is 1.35. The van der Waals surface area contributed by atoms with Gasteiger partial charge in [0.05, 0.1) is 24.9 Å². The minimum Gasteiger partial charge on any atom is -0.493 e. The summed E-state index contributed by atoms with van der Waals surface area (Å²) < 4.78 is 10.6. The Labute approximate surface area is 183 Å². The lowest BCUT2D eigenvalue weighted by Gasteiger charge is -2.30. The van der Waals surface area contributed by atoms with Gasteiger partial charge in [-0.2, -0.15) is 0 Å². The van der Waals surface area contributed by atoms with Gasteiger partial charge in [0.2, 0.25) is 0 Å². The van der Waals surface area contributed by atoms with E-state index in [2.05, 4.69) is 32.5 Å². The van der Waals surface area contributed by atoms with Crippen molar-refractivity contribution in [3.05, 3.63) is 39.8 Å². The van der Waals surface area contributed by atoms with Crippen molar-refractivity contribution in [2.75, 3.05) is 40.4 Å². The van der Waals surface area contributed by atoms with Crippen molar-refractivity contribution in [1.82, 2.24) is 15.2 Å². The highest BCUT2D eigenvalue weighted by Gasteiger charge is 2.19. The average molecular weight is 432 g/mol. The second-order valence-electron chi connectivity index (χ2n) is 7.67. The number of aliphatic imine (C=N–C) groups is 1. The molecule has 8 heteroatoms. The molecule has 0 aliphatic carbocycles. The van der Waals surface area contributed by atoms with Crippen LogP contribution in [0.25, 0.3) is 0 Å². The summed E-state index contributed by atoms with van der Waals surface area (Å²) in [5.41, 5.74) is 8.42. The van der Waals surface area contributed by atoms with Crippen molar-refractivity contribution in [3.8, 4) is 11.5 Å². The summed E-state index contributed by atoms with van der Waals surface area (Å²) in [5, 5.41) is 6.53. The lowest BCUT2D eigenvalue weighted by Crippen LogP contribution is -2.36. The fourth-order valence-corrected chi connectivity index (χ4v) is 4.30. The molecule has 1 aromatic heterocycles. The summed E-state index contributed by atoms with van der Waals surface area (Å²) in [6, 6.07) is 5.96. The third kappa shape index (κ3) is 6.60. The molecule has 3 N–H and O–H groups in total. The van der Waals surface area contributed by atoms with Gasteiger partial charge in [0, 0.05) is 25.0 Å². The van der Waals surface area contributed by atoms with Gasteiger partial charge < -0.3 is 20.5 Å². The van der Waals surface area contributed by atoms with E-state index in [-0.39, 0.29) is 0 Å². The van der Waals surface area contributed by atoms with E-state index in [1.54, 1.807) is 25.6 Å². The van der Waals surface area contributed by atoms with Crippen molar-refractivity contribution in [1.29, 1.82) is 0 Å². The van der Waals surface area contributed by atoms with E-state index < -0.39 is 0 Å². The molecule has 0 atom stereocenters. The van der Waals surface area contributed by atoms with Crippen LogP contribution in [0, 0.1) is 12.8 Å². The number of nitrogens with two attached hydrogens (primary N) is 1. The summed E-state index contributed by atoms with van der Waals surface area (Å²) in [7, 11) is 3.29. The quantitative estimate of drug-likeness (QED) is 0.469. The van der Waals surface area contributed by atoms with Gasteiger partial charge in [-0.3, -0.25) is 9.89 Å². The van der Waals surface area contributed by atoms with Gasteiger partial charge in [-0.1, -0.05) is 6.07 Å². The first-order chi connectivity index (χ1) is 14.6. The molecule has 1 saturated heterocycles. The molecule has 1 aromatic carbocycles. The SMILES string of the molecule is COc1ccc(CCNC(N)=NCC2CCN(Cc3csc(C)n3)CC2)cc1OC. The number of guanidine groups is 1. The number of benzene rings is 1. The van der Waals surface area contributed by atoms with Gasteiger partial charge in [0.1, 0.15) is 0 Å². The van der Waals surface area contributed by atoms with E-state index in [1.165, 1.54) is 5.69 Å². The van der Waals surface area contributed by atoms with Crippen LogP contribution >= 0.6 is 11.3 Å². The first-order valence-electron chi connectivity index (χ1n) is 10.5. The summed E-state index contributed by atoms with van der Waals surface area (Å²) in [6.45, 7) is 6.74. The Morgan fingerprint density at radius 3 is 2.70 bits per heavy atom. The molecular weight excluding hydrogens is 398 g/mol. The highest BCUT2D eigenvalue weighted by atomic mass is 32.1. The summed E-state index contributed by atoms with van der Waals surface area (Å²) in [5.74, 6) is 2.61. The lowest BCUT2D eigenvalue weighted by molar-refractivity contribution is 0.179. The second kappa shape index (κ2) is 11.2. The van der Waals surface area contributed by atoms with Crippen LogP contribution in [0.3, 0.4) is 0 Å².